The topological polar surface area (TPSA) is 33.1 Å². The molecular weight excluding hydrogens is 577 g/mol. The van der Waals surface area contributed by atoms with Gasteiger partial charge in [0.1, 0.15) is 0 Å². The summed E-state index contributed by atoms with van der Waals surface area (Å²) in [4.78, 5) is 17.9. The third-order valence-corrected chi connectivity index (χ3v) is 12.5. The van der Waals surface area contributed by atoms with Gasteiger partial charge in [0, 0.05) is 0 Å². The van der Waals surface area contributed by atoms with E-state index >= 15 is 0 Å². The van der Waals surface area contributed by atoms with Crippen molar-refractivity contribution in [1.29, 1.82) is 0 Å². The van der Waals surface area contributed by atoms with E-state index in [-0.39, 0.29) is 0 Å². The Morgan fingerprint density at radius 3 is 1.50 bits per heavy atom. The summed E-state index contributed by atoms with van der Waals surface area (Å²) in [5.41, 5.74) is 7.44. The molecule has 0 saturated carbocycles. The Labute approximate surface area is 269 Å². The van der Waals surface area contributed by atoms with Crippen LogP contribution in [0.25, 0.3) is 55.2 Å². The molecule has 0 unspecified atom stereocenters. The number of rotatable bonds is 6. The van der Waals surface area contributed by atoms with Gasteiger partial charge >= 0.3 is 270 Å². The van der Waals surface area contributed by atoms with Gasteiger partial charge in [0.15, 0.2) is 0 Å². The van der Waals surface area contributed by atoms with Crippen molar-refractivity contribution in [3.05, 3.63) is 182 Å². The van der Waals surface area contributed by atoms with Crippen molar-refractivity contribution in [2.75, 3.05) is 0 Å². The fourth-order valence-corrected chi connectivity index (χ4v) is 9.66. The second-order valence-corrected chi connectivity index (χ2v) is 14.8. The van der Waals surface area contributed by atoms with E-state index in [4.69, 9.17) is 4.98 Å². The van der Waals surface area contributed by atoms with E-state index in [0.717, 1.165) is 60.3 Å². The average molecular weight is 610 g/mol. The van der Waals surface area contributed by atoms with Crippen LogP contribution in [0.2, 0.25) is 0 Å². The molecule has 0 amide bonds. The molecule has 0 aliphatic rings. The Morgan fingerprint density at radius 1 is 0.413 bits per heavy atom. The Bertz CT molecular complexity index is 2250. The van der Waals surface area contributed by atoms with Crippen LogP contribution < -0.4 is 15.9 Å². The van der Waals surface area contributed by atoms with Crippen LogP contribution in [0, 0.1) is 0 Å². The number of nitrogens with zero attached hydrogens (tertiary/aromatic N) is 1. The van der Waals surface area contributed by atoms with Crippen molar-refractivity contribution in [3.8, 4) is 33.5 Å². The summed E-state index contributed by atoms with van der Waals surface area (Å²) in [6.45, 7) is 0. The molecule has 8 rings (SSSR count). The van der Waals surface area contributed by atoms with Crippen LogP contribution in [-0.2, 0) is 0 Å². The Kier molecular flexibility index (Phi) is 7.23. The molecular formula is C43H32NOP. The van der Waals surface area contributed by atoms with E-state index in [9.17, 15) is 4.89 Å². The average Bonchev–Trinajstić information content (AvgIpc) is 3.15. The first-order chi connectivity index (χ1) is 22.7. The van der Waals surface area contributed by atoms with Crippen LogP contribution in [0.3, 0.4) is 0 Å². The number of hydrogen-bond acceptors (Lipinski definition) is 2. The monoisotopic (exact) mass is 609 g/mol. The van der Waals surface area contributed by atoms with Crippen LogP contribution in [0.15, 0.2) is 182 Å². The molecule has 0 fully saturated rings. The summed E-state index contributed by atoms with van der Waals surface area (Å²) >= 11 is 0. The van der Waals surface area contributed by atoms with Gasteiger partial charge in [-0.1, -0.05) is 0 Å². The van der Waals surface area contributed by atoms with Crippen LogP contribution in [0.4, 0.5) is 0 Å². The molecule has 1 heterocycles. The van der Waals surface area contributed by atoms with Gasteiger partial charge in [0.05, 0.1) is 0 Å². The molecule has 2 nitrogen and oxygen atoms in total. The van der Waals surface area contributed by atoms with Crippen molar-refractivity contribution < 1.29 is 4.89 Å². The van der Waals surface area contributed by atoms with Gasteiger partial charge in [0.2, 0.25) is 0 Å². The normalized spacial score (nSPS) is 11.9. The third kappa shape index (κ3) is 4.89. The van der Waals surface area contributed by atoms with E-state index in [2.05, 4.69) is 115 Å². The Morgan fingerprint density at radius 2 is 0.891 bits per heavy atom. The zero-order chi connectivity index (χ0) is 30.9. The van der Waals surface area contributed by atoms with E-state index < -0.39 is 7.49 Å². The van der Waals surface area contributed by atoms with Crippen molar-refractivity contribution in [2.24, 2.45) is 0 Å². The third-order valence-electron chi connectivity index (χ3n) is 8.96. The maximum atomic E-state index is 12.6. The Hall–Kier alpha value is -5.40. The zero-order valence-electron chi connectivity index (χ0n) is 25.2. The molecule has 0 aliphatic heterocycles. The quantitative estimate of drug-likeness (QED) is 0.151. The summed E-state index contributed by atoms with van der Waals surface area (Å²) in [6.07, 6.45) is 0. The zero-order valence-corrected chi connectivity index (χ0v) is 26.2. The van der Waals surface area contributed by atoms with Crippen LogP contribution in [0.5, 0.6) is 0 Å². The fraction of sp³-hybridized carbons (Fsp3) is 0. The summed E-state index contributed by atoms with van der Waals surface area (Å²) < 4.78 is 0. The minimum absolute atomic E-state index is 0.940. The number of aromatic nitrogens is 1. The molecule has 0 radical (unpaired) electrons. The summed E-state index contributed by atoms with van der Waals surface area (Å²) in [6, 6.07) is 62.8. The minimum atomic E-state index is -3.22. The number of benzene rings is 7. The van der Waals surface area contributed by atoms with Gasteiger partial charge < -0.3 is 0 Å². The van der Waals surface area contributed by atoms with Crippen LogP contribution in [0.1, 0.15) is 0 Å². The molecule has 1 N–H and O–H groups in total. The molecule has 220 valence electrons. The molecule has 0 spiro atoms. The number of hydrogen-bond donors (Lipinski definition) is 1. The van der Waals surface area contributed by atoms with Gasteiger partial charge in [-0.2, -0.15) is 0 Å². The predicted octanol–water partition coefficient (Wildman–Crippen LogP) is 9.32. The van der Waals surface area contributed by atoms with E-state index in [0.29, 0.717) is 0 Å². The van der Waals surface area contributed by atoms with Gasteiger partial charge in [-0.3, -0.25) is 0 Å². The molecule has 3 heteroatoms. The second kappa shape index (κ2) is 11.8. The molecule has 0 aliphatic carbocycles. The molecule has 0 saturated heterocycles. The summed E-state index contributed by atoms with van der Waals surface area (Å²) in [5.74, 6) is 0. The van der Waals surface area contributed by atoms with Crippen LogP contribution >= 0.6 is 7.49 Å². The van der Waals surface area contributed by atoms with E-state index in [1.807, 2.05) is 66.7 Å². The number of pyridine rings is 1. The Balaban J connectivity index is 1.38. The standard InChI is InChI=1S/C43H32NOP/c45-46(35-20-9-3-10-21-35,36-22-11-4-12-23-36)37-27-25-32(26-28-37)40-29-34-19-13-14-24-38(34)42-39(31-15-5-1-6-16-31)30-41(44-43(40)42)33-17-7-2-8-18-33/h1-30,45-46H. The van der Waals surface area contributed by atoms with Gasteiger partial charge in [-0.25, -0.2) is 0 Å². The van der Waals surface area contributed by atoms with Gasteiger partial charge in [-0.15, -0.1) is 0 Å². The molecule has 8 aromatic rings. The van der Waals surface area contributed by atoms with Crippen molar-refractivity contribution in [3.63, 3.8) is 0 Å². The number of fused-ring (bicyclic) bond motifs is 3. The first-order valence-electron chi connectivity index (χ1n) is 15.6. The summed E-state index contributed by atoms with van der Waals surface area (Å²) in [7, 11) is -3.22. The maximum absolute atomic E-state index is 12.6. The van der Waals surface area contributed by atoms with E-state index in [1.165, 1.54) is 10.8 Å². The van der Waals surface area contributed by atoms with E-state index in [1.54, 1.807) is 0 Å². The van der Waals surface area contributed by atoms with Gasteiger partial charge in [-0.05, 0) is 0 Å². The molecule has 0 atom stereocenters. The SMILES string of the molecule is O[PH](c1ccccc1)(c1ccccc1)c1ccc(-c2cc3ccccc3c3c(-c4ccccc4)cc(-c4ccccc4)nc23)cc1. The van der Waals surface area contributed by atoms with Crippen molar-refractivity contribution >= 4 is 45.1 Å². The van der Waals surface area contributed by atoms with Gasteiger partial charge in [0.25, 0.3) is 0 Å². The van der Waals surface area contributed by atoms with Crippen LogP contribution in [-0.4, -0.2) is 9.88 Å². The molecule has 46 heavy (non-hydrogen) atoms. The van der Waals surface area contributed by atoms with Crippen molar-refractivity contribution in [1.82, 2.24) is 4.98 Å². The molecule has 1 aromatic heterocycles. The predicted molar refractivity (Wildman–Crippen MR) is 198 cm³/mol. The molecule has 0 bridgehead atoms. The molecule has 7 aromatic carbocycles. The second-order valence-electron chi connectivity index (χ2n) is 11.7. The fourth-order valence-electron chi connectivity index (χ4n) is 6.66. The first-order valence-corrected chi connectivity index (χ1v) is 17.6. The summed E-state index contributed by atoms with van der Waals surface area (Å²) in [5, 5.41) is 6.36. The first kappa shape index (κ1) is 28.1. The van der Waals surface area contributed by atoms with Crippen molar-refractivity contribution in [2.45, 2.75) is 0 Å².